The van der Waals surface area contributed by atoms with E-state index < -0.39 is 23.3 Å². The first-order chi connectivity index (χ1) is 21.9. The number of para-hydroxylation sites is 1. The Labute approximate surface area is 270 Å². The molecule has 0 saturated carbocycles. The second kappa shape index (κ2) is 13.2. The van der Waals surface area contributed by atoms with Gasteiger partial charge in [0.15, 0.2) is 0 Å². The molecule has 2 fully saturated rings. The standard InChI is InChI=1S/C36H47F3N4O3/c1-24-19-27-26-7-5-6-8-30(26)40-33(27)34(43(24)23-35(2,3)39)32-28(37)20-25(21-29(32)38)46-18-17-41-13-9-36(10-14-41)11-15-42(16-12-36)22-31(44)45-4/h5-8,20-21,24,34,40H,9-19,22-23H2,1-4H3/t24-,34-/m1/s1. The second-order valence-corrected chi connectivity index (χ2v) is 14.3. The van der Waals surface area contributed by atoms with Crippen molar-refractivity contribution < 1.29 is 27.4 Å². The highest BCUT2D eigenvalue weighted by atomic mass is 19.1. The van der Waals surface area contributed by atoms with Crippen molar-refractivity contribution in [1.82, 2.24) is 19.7 Å². The molecule has 0 radical (unpaired) electrons. The molecule has 3 aromatic rings. The van der Waals surface area contributed by atoms with Gasteiger partial charge in [0.1, 0.15) is 29.7 Å². The number of carbonyl (C=O) groups is 1. The molecule has 1 aromatic heterocycles. The van der Waals surface area contributed by atoms with Gasteiger partial charge in [0.05, 0.1) is 19.7 Å². The molecule has 250 valence electrons. The van der Waals surface area contributed by atoms with Crippen molar-refractivity contribution in [2.24, 2.45) is 5.41 Å². The van der Waals surface area contributed by atoms with Gasteiger partial charge in [0.2, 0.25) is 0 Å². The van der Waals surface area contributed by atoms with E-state index in [2.05, 4.69) is 14.8 Å². The van der Waals surface area contributed by atoms with Crippen LogP contribution in [0.4, 0.5) is 13.2 Å². The Morgan fingerprint density at radius 1 is 1.02 bits per heavy atom. The molecule has 2 aromatic carbocycles. The highest BCUT2D eigenvalue weighted by Gasteiger charge is 2.41. The summed E-state index contributed by atoms with van der Waals surface area (Å²) in [5.74, 6) is -1.42. The summed E-state index contributed by atoms with van der Waals surface area (Å²) in [4.78, 5) is 21.5. The number of likely N-dealkylation sites (tertiary alicyclic amines) is 2. The van der Waals surface area contributed by atoms with Crippen molar-refractivity contribution in [3.63, 3.8) is 0 Å². The number of aromatic amines is 1. The van der Waals surface area contributed by atoms with E-state index in [0.29, 0.717) is 37.2 Å². The Morgan fingerprint density at radius 3 is 2.28 bits per heavy atom. The van der Waals surface area contributed by atoms with Crippen LogP contribution >= 0.6 is 0 Å². The summed E-state index contributed by atoms with van der Waals surface area (Å²) in [5.41, 5.74) is 1.32. The maximum atomic E-state index is 16.0. The van der Waals surface area contributed by atoms with E-state index in [1.54, 1.807) is 0 Å². The lowest BCUT2D eigenvalue weighted by molar-refractivity contribution is -0.142. The molecule has 2 saturated heterocycles. The second-order valence-electron chi connectivity index (χ2n) is 14.3. The largest absolute Gasteiger partial charge is 0.492 e. The molecule has 1 spiro atoms. The van der Waals surface area contributed by atoms with Crippen LogP contribution in [0.15, 0.2) is 36.4 Å². The van der Waals surface area contributed by atoms with E-state index in [4.69, 9.17) is 9.47 Å². The maximum Gasteiger partial charge on any atom is 0.319 e. The van der Waals surface area contributed by atoms with Gasteiger partial charge < -0.3 is 14.5 Å². The number of esters is 1. The van der Waals surface area contributed by atoms with Crippen LogP contribution in [-0.2, 0) is 16.0 Å². The van der Waals surface area contributed by atoms with Crippen LogP contribution in [0, 0.1) is 17.0 Å². The van der Waals surface area contributed by atoms with E-state index in [1.807, 2.05) is 36.1 Å². The molecule has 7 nitrogen and oxygen atoms in total. The van der Waals surface area contributed by atoms with Gasteiger partial charge in [-0.05, 0) is 96.1 Å². The zero-order valence-corrected chi connectivity index (χ0v) is 27.5. The molecular formula is C36H47F3N4O3. The van der Waals surface area contributed by atoms with Crippen LogP contribution in [0.1, 0.15) is 69.3 Å². The average Bonchev–Trinajstić information content (AvgIpc) is 3.38. The van der Waals surface area contributed by atoms with E-state index in [0.717, 1.165) is 68.3 Å². The summed E-state index contributed by atoms with van der Waals surface area (Å²) in [6.45, 7) is 10.1. The van der Waals surface area contributed by atoms with Crippen molar-refractivity contribution in [1.29, 1.82) is 0 Å². The third-order valence-electron chi connectivity index (χ3n) is 10.5. The average molecular weight is 641 g/mol. The number of alkyl halides is 1. The minimum Gasteiger partial charge on any atom is -0.492 e. The fourth-order valence-electron chi connectivity index (χ4n) is 7.88. The Bertz CT molecular complexity index is 1510. The van der Waals surface area contributed by atoms with Crippen LogP contribution in [0.25, 0.3) is 10.9 Å². The first-order valence-electron chi connectivity index (χ1n) is 16.6. The van der Waals surface area contributed by atoms with Gasteiger partial charge in [-0.25, -0.2) is 13.2 Å². The first-order valence-corrected chi connectivity index (χ1v) is 16.6. The predicted octanol–water partition coefficient (Wildman–Crippen LogP) is 6.26. The number of methoxy groups -OCH3 is 1. The lowest BCUT2D eigenvalue weighted by atomic mass is 9.71. The van der Waals surface area contributed by atoms with Crippen molar-refractivity contribution in [3.8, 4) is 5.75 Å². The highest BCUT2D eigenvalue weighted by molar-refractivity contribution is 5.85. The number of piperidine rings is 2. The Morgan fingerprint density at radius 2 is 1.65 bits per heavy atom. The van der Waals surface area contributed by atoms with Gasteiger partial charge >= 0.3 is 5.97 Å². The van der Waals surface area contributed by atoms with Gasteiger partial charge in [0.25, 0.3) is 0 Å². The molecular weight excluding hydrogens is 593 g/mol. The molecule has 0 amide bonds. The minimum absolute atomic E-state index is 0.0354. The number of halogens is 3. The number of hydrogen-bond donors (Lipinski definition) is 1. The summed E-state index contributed by atoms with van der Waals surface area (Å²) < 4.78 is 57.8. The Hall–Kier alpha value is -3.08. The third kappa shape index (κ3) is 6.94. The maximum absolute atomic E-state index is 16.0. The van der Waals surface area contributed by atoms with Crippen molar-refractivity contribution in [2.75, 3.05) is 59.5 Å². The monoisotopic (exact) mass is 640 g/mol. The third-order valence-corrected chi connectivity index (χ3v) is 10.5. The Balaban J connectivity index is 1.11. The van der Waals surface area contributed by atoms with Gasteiger partial charge in [-0.2, -0.15) is 0 Å². The predicted molar refractivity (Wildman–Crippen MR) is 173 cm³/mol. The molecule has 4 heterocycles. The van der Waals surface area contributed by atoms with Gasteiger partial charge in [-0.15, -0.1) is 0 Å². The summed E-state index contributed by atoms with van der Waals surface area (Å²) in [5, 5.41) is 1.03. The number of ether oxygens (including phenoxy) is 2. The number of nitrogens with one attached hydrogen (secondary N) is 1. The number of aromatic nitrogens is 1. The van der Waals surface area contributed by atoms with Crippen LogP contribution in [0.5, 0.6) is 5.75 Å². The molecule has 1 N–H and O–H groups in total. The van der Waals surface area contributed by atoms with E-state index in [9.17, 15) is 4.79 Å². The number of benzene rings is 2. The molecule has 3 aliphatic rings. The molecule has 0 unspecified atom stereocenters. The molecule has 0 aliphatic carbocycles. The molecule has 6 rings (SSSR count). The summed E-state index contributed by atoms with van der Waals surface area (Å²) >= 11 is 0. The lowest BCUT2D eigenvalue weighted by Crippen LogP contribution is -2.48. The van der Waals surface area contributed by atoms with Gasteiger partial charge in [-0.1, -0.05) is 18.2 Å². The number of rotatable bonds is 9. The number of hydrogen-bond acceptors (Lipinski definition) is 6. The summed E-state index contributed by atoms with van der Waals surface area (Å²) in [6, 6.07) is 9.48. The first kappa shape index (κ1) is 32.8. The molecule has 3 aliphatic heterocycles. The number of H-pyrrole nitrogens is 1. The SMILES string of the molecule is COC(=O)CN1CCC2(CCN(CCOc3cc(F)c([C@@H]4c5[nH]c6ccccc6c5C[C@@H](C)N4CC(C)(C)F)c(F)c3)CC2)CC1. The van der Waals surface area contributed by atoms with Gasteiger partial charge in [-0.3, -0.25) is 19.5 Å². The minimum atomic E-state index is -1.55. The number of fused-ring (bicyclic) bond motifs is 3. The van der Waals surface area contributed by atoms with Crippen LogP contribution in [0.3, 0.4) is 0 Å². The van der Waals surface area contributed by atoms with Crippen LogP contribution in [-0.4, -0.2) is 96.9 Å². The zero-order valence-electron chi connectivity index (χ0n) is 27.5. The molecule has 10 heteroatoms. The topological polar surface area (TPSA) is 61.0 Å². The fraction of sp³-hybridized carbons (Fsp3) is 0.583. The van der Waals surface area contributed by atoms with Crippen molar-refractivity contribution in [2.45, 2.75) is 70.6 Å². The zero-order chi connectivity index (χ0) is 32.6. The normalized spacial score (nSPS) is 22.7. The quantitative estimate of drug-likeness (QED) is 0.279. The summed E-state index contributed by atoms with van der Waals surface area (Å²) in [7, 11) is 1.43. The summed E-state index contributed by atoms with van der Waals surface area (Å²) in [6.07, 6.45) is 5.01. The highest BCUT2D eigenvalue weighted by Crippen LogP contribution is 2.44. The smallest absolute Gasteiger partial charge is 0.319 e. The van der Waals surface area contributed by atoms with Crippen LogP contribution < -0.4 is 4.74 Å². The molecule has 46 heavy (non-hydrogen) atoms. The van der Waals surface area contributed by atoms with Crippen LogP contribution in [0.2, 0.25) is 0 Å². The number of carbonyl (C=O) groups excluding carboxylic acids is 1. The van der Waals surface area contributed by atoms with Crippen molar-refractivity contribution in [3.05, 3.63) is 64.9 Å². The van der Waals surface area contributed by atoms with E-state index >= 15 is 13.2 Å². The van der Waals surface area contributed by atoms with E-state index in [1.165, 1.54) is 33.1 Å². The fourth-order valence-corrected chi connectivity index (χ4v) is 7.88. The molecule has 2 atom stereocenters. The van der Waals surface area contributed by atoms with Crippen molar-refractivity contribution >= 4 is 16.9 Å². The molecule has 0 bridgehead atoms. The van der Waals surface area contributed by atoms with E-state index in [-0.39, 0.29) is 29.9 Å². The van der Waals surface area contributed by atoms with Gasteiger partial charge in [0, 0.05) is 53.4 Å². The lowest BCUT2D eigenvalue weighted by Gasteiger charge is -2.46. The number of nitrogens with zero attached hydrogens (tertiary/aromatic N) is 3. The Kier molecular flexibility index (Phi) is 9.43.